The van der Waals surface area contributed by atoms with Crippen LogP contribution in [0, 0.1) is 5.41 Å². The second-order valence-electron chi connectivity index (χ2n) is 9.86. The van der Waals surface area contributed by atoms with E-state index in [-0.39, 0.29) is 5.41 Å². The van der Waals surface area contributed by atoms with E-state index in [2.05, 4.69) is 75.6 Å². The molecule has 3 heteroatoms. The molecule has 2 fully saturated rings. The zero-order valence-corrected chi connectivity index (χ0v) is 16.4. The Morgan fingerprint density at radius 2 is 1.50 bits per heavy atom. The van der Waals surface area contributed by atoms with Gasteiger partial charge >= 0.3 is 0 Å². The molecule has 134 valence electrons. The third kappa shape index (κ3) is 3.78. The fourth-order valence-electron chi connectivity index (χ4n) is 3.84. The molecule has 0 atom stereocenters. The van der Waals surface area contributed by atoms with Gasteiger partial charge in [0.25, 0.3) is 0 Å². The Morgan fingerprint density at radius 3 is 2.00 bits per heavy atom. The summed E-state index contributed by atoms with van der Waals surface area (Å²) >= 11 is 0. The van der Waals surface area contributed by atoms with E-state index in [4.69, 9.17) is 4.74 Å². The smallest absolute Gasteiger partial charge is 0.119 e. The second kappa shape index (κ2) is 6.03. The van der Waals surface area contributed by atoms with Crippen molar-refractivity contribution in [3.05, 3.63) is 29.8 Å². The summed E-state index contributed by atoms with van der Waals surface area (Å²) < 4.78 is 5.92. The van der Waals surface area contributed by atoms with E-state index in [1.807, 2.05) is 0 Å². The number of ether oxygens (including phenoxy) is 1. The Morgan fingerprint density at radius 1 is 0.917 bits per heavy atom. The number of hydrogen-bond donors (Lipinski definition) is 0. The van der Waals surface area contributed by atoms with E-state index < -0.39 is 0 Å². The summed E-state index contributed by atoms with van der Waals surface area (Å²) in [5, 5.41) is 0. The average Bonchev–Trinajstić information content (AvgIpc) is 2.37. The number of hydrogen-bond acceptors (Lipinski definition) is 3. The second-order valence-corrected chi connectivity index (χ2v) is 9.86. The highest BCUT2D eigenvalue weighted by atomic mass is 16.5. The number of benzene rings is 1. The maximum atomic E-state index is 5.92. The van der Waals surface area contributed by atoms with Crippen LogP contribution in [0.25, 0.3) is 0 Å². The van der Waals surface area contributed by atoms with E-state index >= 15 is 0 Å². The van der Waals surface area contributed by atoms with Crippen molar-refractivity contribution in [2.45, 2.75) is 52.5 Å². The van der Waals surface area contributed by atoms with Crippen LogP contribution in [0.3, 0.4) is 0 Å². The number of nitrogens with zero attached hydrogens (tertiary/aromatic N) is 2. The number of likely N-dealkylation sites (tertiary alicyclic amines) is 2. The summed E-state index contributed by atoms with van der Waals surface area (Å²) in [5.41, 5.74) is 2.47. The van der Waals surface area contributed by atoms with Crippen LogP contribution in [0.15, 0.2) is 24.3 Å². The van der Waals surface area contributed by atoms with Crippen LogP contribution < -0.4 is 4.74 Å². The molecule has 0 bridgehead atoms. The third-order valence-electron chi connectivity index (χ3n) is 5.52. The Labute approximate surface area is 148 Å². The molecule has 2 aliphatic heterocycles. The van der Waals surface area contributed by atoms with E-state index in [1.165, 1.54) is 31.7 Å². The van der Waals surface area contributed by atoms with E-state index in [1.54, 1.807) is 0 Å². The van der Waals surface area contributed by atoms with Crippen molar-refractivity contribution >= 4 is 0 Å². The quantitative estimate of drug-likeness (QED) is 0.835. The summed E-state index contributed by atoms with van der Waals surface area (Å²) in [6, 6.07) is 8.57. The summed E-state index contributed by atoms with van der Waals surface area (Å²) in [5.74, 6) is 0.987. The normalized spacial score (nSPS) is 21.4. The Balaban J connectivity index is 1.36. The molecule has 0 aromatic heterocycles. The predicted molar refractivity (Wildman–Crippen MR) is 101 cm³/mol. The topological polar surface area (TPSA) is 15.7 Å². The van der Waals surface area contributed by atoms with E-state index in [9.17, 15) is 0 Å². The van der Waals surface area contributed by atoms with E-state index in [0.29, 0.717) is 11.0 Å². The summed E-state index contributed by atoms with van der Waals surface area (Å²) in [6.45, 7) is 20.5. The minimum absolute atomic E-state index is 0.203. The third-order valence-corrected chi connectivity index (χ3v) is 5.52. The molecule has 3 nitrogen and oxygen atoms in total. The van der Waals surface area contributed by atoms with Crippen molar-refractivity contribution in [2.24, 2.45) is 5.41 Å². The Hall–Kier alpha value is -1.06. The maximum Gasteiger partial charge on any atom is 0.119 e. The van der Waals surface area contributed by atoms with Gasteiger partial charge in [0.2, 0.25) is 0 Å². The fraction of sp³-hybridized carbons (Fsp3) is 0.714. The molecule has 0 radical (unpaired) electrons. The van der Waals surface area contributed by atoms with Crippen molar-refractivity contribution < 1.29 is 4.74 Å². The van der Waals surface area contributed by atoms with Gasteiger partial charge in [-0.2, -0.15) is 0 Å². The van der Waals surface area contributed by atoms with Gasteiger partial charge in [0.15, 0.2) is 0 Å². The lowest BCUT2D eigenvalue weighted by molar-refractivity contribution is -0.145. The molecular weight excluding hydrogens is 296 g/mol. The SMILES string of the molecule is CC(C)(C)c1ccc(OCCN2CC3(C2)CN(C(C)(C)C)C3)cc1. The Bertz CT molecular complexity index is 551. The molecule has 0 saturated carbocycles. The van der Waals surface area contributed by atoms with Crippen molar-refractivity contribution in [1.29, 1.82) is 0 Å². The maximum absolute atomic E-state index is 5.92. The van der Waals surface area contributed by atoms with Crippen LogP contribution in [0.2, 0.25) is 0 Å². The molecule has 1 spiro atoms. The van der Waals surface area contributed by atoms with Gasteiger partial charge < -0.3 is 4.74 Å². The minimum atomic E-state index is 0.203. The molecule has 2 heterocycles. The van der Waals surface area contributed by atoms with Crippen molar-refractivity contribution in [1.82, 2.24) is 9.80 Å². The highest BCUT2D eigenvalue weighted by Crippen LogP contribution is 2.42. The standard InChI is InChI=1S/C21H34N2O/c1-19(2,3)17-7-9-18(10-8-17)24-12-11-22-13-21(14-22)15-23(16-21)20(4,5)6/h7-10H,11-16H2,1-6H3. The van der Waals surface area contributed by atoms with Gasteiger partial charge in [0.1, 0.15) is 12.4 Å². The molecular formula is C21H34N2O. The monoisotopic (exact) mass is 330 g/mol. The highest BCUT2D eigenvalue weighted by molar-refractivity contribution is 5.31. The van der Waals surface area contributed by atoms with Crippen LogP contribution in [0.5, 0.6) is 5.75 Å². The molecule has 3 rings (SSSR count). The highest BCUT2D eigenvalue weighted by Gasteiger charge is 2.53. The number of rotatable bonds is 4. The predicted octanol–water partition coefficient (Wildman–Crippen LogP) is 3.78. The molecule has 2 aliphatic rings. The summed E-state index contributed by atoms with van der Waals surface area (Å²) in [7, 11) is 0. The van der Waals surface area contributed by atoms with Crippen molar-refractivity contribution in [3.63, 3.8) is 0 Å². The first kappa shape index (κ1) is 17.8. The molecule has 2 saturated heterocycles. The van der Waals surface area contributed by atoms with Gasteiger partial charge in [-0.05, 0) is 43.9 Å². The van der Waals surface area contributed by atoms with Gasteiger partial charge in [0.05, 0.1) is 0 Å². The Kier molecular flexibility index (Phi) is 4.46. The molecule has 0 N–H and O–H groups in total. The zero-order chi connectivity index (χ0) is 17.6. The summed E-state index contributed by atoms with van der Waals surface area (Å²) in [6.07, 6.45) is 0. The lowest BCUT2D eigenvalue weighted by Gasteiger charge is -2.63. The first-order chi connectivity index (χ1) is 11.1. The first-order valence-corrected chi connectivity index (χ1v) is 9.28. The van der Waals surface area contributed by atoms with Gasteiger partial charge in [-0.15, -0.1) is 0 Å². The van der Waals surface area contributed by atoms with E-state index in [0.717, 1.165) is 18.9 Å². The molecule has 0 unspecified atom stereocenters. The molecule has 24 heavy (non-hydrogen) atoms. The molecule has 0 aliphatic carbocycles. The van der Waals surface area contributed by atoms with Gasteiger partial charge in [-0.1, -0.05) is 32.9 Å². The van der Waals surface area contributed by atoms with Crippen LogP contribution in [-0.4, -0.2) is 54.7 Å². The average molecular weight is 331 g/mol. The van der Waals surface area contributed by atoms with Gasteiger partial charge in [0, 0.05) is 43.7 Å². The van der Waals surface area contributed by atoms with Gasteiger partial charge in [-0.25, -0.2) is 0 Å². The van der Waals surface area contributed by atoms with Crippen molar-refractivity contribution in [3.8, 4) is 5.75 Å². The summed E-state index contributed by atoms with van der Waals surface area (Å²) in [4.78, 5) is 5.13. The molecule has 1 aromatic carbocycles. The fourth-order valence-corrected chi connectivity index (χ4v) is 3.84. The lowest BCUT2D eigenvalue weighted by Crippen LogP contribution is -2.74. The van der Waals surface area contributed by atoms with Crippen molar-refractivity contribution in [2.75, 3.05) is 39.3 Å². The van der Waals surface area contributed by atoms with Gasteiger partial charge in [-0.3, -0.25) is 9.80 Å². The van der Waals surface area contributed by atoms with Crippen LogP contribution in [-0.2, 0) is 5.41 Å². The molecule has 1 aromatic rings. The molecule has 0 amide bonds. The van der Waals surface area contributed by atoms with Crippen LogP contribution in [0.4, 0.5) is 0 Å². The lowest BCUT2D eigenvalue weighted by atomic mass is 9.71. The van der Waals surface area contributed by atoms with Crippen LogP contribution >= 0.6 is 0 Å². The minimum Gasteiger partial charge on any atom is -0.492 e. The van der Waals surface area contributed by atoms with Crippen LogP contribution in [0.1, 0.15) is 47.1 Å². The zero-order valence-electron chi connectivity index (χ0n) is 16.4. The largest absolute Gasteiger partial charge is 0.492 e. The first-order valence-electron chi connectivity index (χ1n) is 9.28.